The predicted octanol–water partition coefficient (Wildman–Crippen LogP) is 12.5. The number of rotatable bonds is 3. The third kappa shape index (κ3) is 4.23. The monoisotopic (exact) mass is 649 g/mol. The molecule has 7 aromatic carbocycles. The topological polar surface area (TPSA) is 51.8 Å². The minimum Gasteiger partial charge on any atom is -0.455 e. The maximum absolute atomic E-state index is 6.35. The summed E-state index contributed by atoms with van der Waals surface area (Å²) in [7, 11) is 0. The van der Waals surface area contributed by atoms with Gasteiger partial charge in [-0.15, -0.1) is 0 Å². The van der Waals surface area contributed by atoms with Crippen LogP contribution in [-0.2, 0) is 0 Å². The first-order valence-corrected chi connectivity index (χ1v) is 17.2. The van der Waals surface area contributed by atoms with Crippen molar-refractivity contribution in [1.29, 1.82) is 0 Å². The molecule has 0 aliphatic carbocycles. The van der Waals surface area contributed by atoms with E-state index in [0.717, 1.165) is 110 Å². The van der Waals surface area contributed by atoms with Crippen molar-refractivity contribution in [2.24, 2.45) is 0 Å². The first-order valence-electron chi connectivity index (χ1n) is 17.2. The van der Waals surface area contributed by atoms with Gasteiger partial charge in [0.05, 0.1) is 33.6 Å². The maximum Gasteiger partial charge on any atom is 0.144 e. The second-order valence-corrected chi connectivity index (χ2v) is 13.1. The van der Waals surface area contributed by atoms with E-state index in [-0.39, 0.29) is 0 Å². The molecule has 0 aliphatic rings. The van der Waals surface area contributed by atoms with Gasteiger partial charge in [0.15, 0.2) is 0 Å². The minimum absolute atomic E-state index is 0.873. The van der Waals surface area contributed by atoms with E-state index < -0.39 is 0 Å². The summed E-state index contributed by atoms with van der Waals surface area (Å²) in [5, 5.41) is 9.89. The standard InChI is InChI=1S/C47H27N3O/c1-2-10-28(11-3-1)38-24-20-29-18-19-30-21-25-41(50-46(30)45(29)49-38)44-34-15-6-4-13-32(34)43(33-14-5-7-16-35(33)44)40-27-23-37-39(48-40)26-22-36-31-12-8-9-17-42(31)51-47(36)37/h1-27H. The van der Waals surface area contributed by atoms with E-state index in [1.54, 1.807) is 0 Å². The fourth-order valence-corrected chi connectivity index (χ4v) is 7.88. The summed E-state index contributed by atoms with van der Waals surface area (Å²) in [6.45, 7) is 0. The molecular formula is C47H27N3O. The number of hydrogen-bond acceptors (Lipinski definition) is 4. The Morgan fingerprint density at radius 2 is 0.824 bits per heavy atom. The number of aromatic nitrogens is 3. The molecular weight excluding hydrogens is 623 g/mol. The van der Waals surface area contributed by atoms with Gasteiger partial charge in [0.2, 0.25) is 0 Å². The second-order valence-electron chi connectivity index (χ2n) is 13.1. The lowest BCUT2D eigenvalue weighted by Crippen LogP contribution is -1.95. The Kier molecular flexibility index (Phi) is 5.92. The van der Waals surface area contributed by atoms with Crippen molar-refractivity contribution in [1.82, 2.24) is 15.0 Å². The van der Waals surface area contributed by atoms with Gasteiger partial charge in [0.1, 0.15) is 11.2 Å². The van der Waals surface area contributed by atoms with Crippen molar-refractivity contribution in [2.45, 2.75) is 0 Å². The van der Waals surface area contributed by atoms with Crippen LogP contribution in [0.15, 0.2) is 168 Å². The molecule has 0 bridgehead atoms. The average molecular weight is 650 g/mol. The maximum atomic E-state index is 6.35. The van der Waals surface area contributed by atoms with E-state index in [1.807, 2.05) is 30.3 Å². The lowest BCUT2D eigenvalue weighted by Gasteiger charge is -2.17. The highest BCUT2D eigenvalue weighted by molar-refractivity contribution is 6.22. The van der Waals surface area contributed by atoms with Crippen LogP contribution in [0.5, 0.6) is 0 Å². The highest BCUT2D eigenvalue weighted by atomic mass is 16.3. The highest BCUT2D eigenvalue weighted by Gasteiger charge is 2.20. The molecule has 4 aromatic heterocycles. The third-order valence-electron chi connectivity index (χ3n) is 10.2. The number of para-hydroxylation sites is 1. The van der Waals surface area contributed by atoms with Crippen molar-refractivity contribution in [3.05, 3.63) is 164 Å². The minimum atomic E-state index is 0.873. The zero-order valence-corrected chi connectivity index (χ0v) is 27.3. The Labute approximate surface area is 292 Å². The van der Waals surface area contributed by atoms with E-state index in [4.69, 9.17) is 19.4 Å². The van der Waals surface area contributed by atoms with Crippen LogP contribution in [-0.4, -0.2) is 15.0 Å². The number of pyridine rings is 3. The van der Waals surface area contributed by atoms with E-state index >= 15 is 0 Å². The molecule has 51 heavy (non-hydrogen) atoms. The Bertz CT molecular complexity index is 3140. The number of hydrogen-bond donors (Lipinski definition) is 0. The average Bonchev–Trinajstić information content (AvgIpc) is 3.59. The summed E-state index contributed by atoms with van der Waals surface area (Å²) < 4.78 is 6.35. The van der Waals surface area contributed by atoms with Crippen molar-refractivity contribution in [3.8, 4) is 33.8 Å². The number of nitrogens with zero attached hydrogens (tertiary/aromatic N) is 3. The highest BCUT2D eigenvalue weighted by Crippen LogP contribution is 2.44. The van der Waals surface area contributed by atoms with Gasteiger partial charge in [0.25, 0.3) is 0 Å². The Morgan fingerprint density at radius 1 is 0.333 bits per heavy atom. The molecule has 4 nitrogen and oxygen atoms in total. The number of fused-ring (bicyclic) bond motifs is 10. The van der Waals surface area contributed by atoms with Gasteiger partial charge < -0.3 is 4.42 Å². The van der Waals surface area contributed by atoms with Crippen molar-refractivity contribution in [3.63, 3.8) is 0 Å². The molecule has 0 fully saturated rings. The van der Waals surface area contributed by atoms with Gasteiger partial charge in [-0.3, -0.25) is 0 Å². The van der Waals surface area contributed by atoms with Gasteiger partial charge in [-0.25, -0.2) is 15.0 Å². The van der Waals surface area contributed by atoms with Crippen LogP contribution in [0.25, 0.3) is 110 Å². The smallest absolute Gasteiger partial charge is 0.144 e. The molecule has 0 spiro atoms. The van der Waals surface area contributed by atoms with Crippen LogP contribution >= 0.6 is 0 Å². The van der Waals surface area contributed by atoms with Gasteiger partial charge in [-0.1, -0.05) is 121 Å². The summed E-state index contributed by atoms with van der Waals surface area (Å²) >= 11 is 0. The number of benzene rings is 7. The number of furan rings is 1. The molecule has 4 heteroatoms. The molecule has 0 aliphatic heterocycles. The fourth-order valence-electron chi connectivity index (χ4n) is 7.88. The molecule has 4 heterocycles. The van der Waals surface area contributed by atoms with Crippen LogP contribution in [0, 0.1) is 0 Å². The van der Waals surface area contributed by atoms with Gasteiger partial charge >= 0.3 is 0 Å². The molecule has 0 unspecified atom stereocenters. The fraction of sp³-hybridized carbons (Fsp3) is 0. The molecule has 0 saturated heterocycles. The van der Waals surface area contributed by atoms with E-state index in [2.05, 4.69) is 133 Å². The van der Waals surface area contributed by atoms with Gasteiger partial charge in [-0.05, 0) is 64.0 Å². The van der Waals surface area contributed by atoms with E-state index in [0.29, 0.717) is 0 Å². The molecule has 0 N–H and O–H groups in total. The Hall–Kier alpha value is -6.91. The molecule has 0 amide bonds. The molecule has 11 aromatic rings. The summed E-state index contributed by atoms with van der Waals surface area (Å²) in [6.07, 6.45) is 0. The summed E-state index contributed by atoms with van der Waals surface area (Å²) in [5.74, 6) is 0. The Morgan fingerprint density at radius 3 is 1.49 bits per heavy atom. The lowest BCUT2D eigenvalue weighted by molar-refractivity contribution is 0.672. The van der Waals surface area contributed by atoms with Crippen LogP contribution in [0.1, 0.15) is 0 Å². The predicted molar refractivity (Wildman–Crippen MR) is 211 cm³/mol. The largest absolute Gasteiger partial charge is 0.455 e. The van der Waals surface area contributed by atoms with E-state index in [1.165, 1.54) is 0 Å². The van der Waals surface area contributed by atoms with Gasteiger partial charge in [0, 0.05) is 43.6 Å². The first-order chi connectivity index (χ1) is 25.3. The molecule has 0 saturated carbocycles. The zero-order chi connectivity index (χ0) is 33.5. The van der Waals surface area contributed by atoms with Crippen LogP contribution in [0.3, 0.4) is 0 Å². The normalized spacial score (nSPS) is 11.9. The van der Waals surface area contributed by atoms with Crippen LogP contribution in [0.4, 0.5) is 0 Å². The van der Waals surface area contributed by atoms with Crippen LogP contribution in [0.2, 0.25) is 0 Å². The summed E-state index contributed by atoms with van der Waals surface area (Å²) in [4.78, 5) is 15.9. The summed E-state index contributed by atoms with van der Waals surface area (Å²) in [5.41, 5.74) is 10.5. The molecule has 236 valence electrons. The molecule has 0 atom stereocenters. The Balaban J connectivity index is 1.15. The zero-order valence-electron chi connectivity index (χ0n) is 27.3. The second kappa shape index (κ2) is 10.8. The van der Waals surface area contributed by atoms with Crippen molar-refractivity contribution < 1.29 is 4.42 Å². The van der Waals surface area contributed by atoms with Crippen molar-refractivity contribution in [2.75, 3.05) is 0 Å². The van der Waals surface area contributed by atoms with Crippen LogP contribution < -0.4 is 0 Å². The SMILES string of the molecule is c1ccc(-c2ccc3ccc4ccc(-c5c6ccccc6c(-c6ccc7c(ccc8c9ccccc9oc78)n6)c6ccccc56)nc4c3n2)cc1. The van der Waals surface area contributed by atoms with Crippen molar-refractivity contribution >= 4 is 76.2 Å². The quantitative estimate of drug-likeness (QED) is 0.141. The molecule has 0 radical (unpaired) electrons. The molecule has 11 rings (SSSR count). The van der Waals surface area contributed by atoms with E-state index in [9.17, 15) is 0 Å². The van der Waals surface area contributed by atoms with Gasteiger partial charge in [-0.2, -0.15) is 0 Å². The summed E-state index contributed by atoms with van der Waals surface area (Å²) in [6, 6.07) is 57.2. The third-order valence-corrected chi connectivity index (χ3v) is 10.2. The lowest BCUT2D eigenvalue weighted by atomic mass is 9.88. The first kappa shape index (κ1) is 28.0.